The van der Waals surface area contributed by atoms with Gasteiger partial charge in [-0.15, -0.1) is 0 Å². The maximum atomic E-state index is 12.3. The lowest BCUT2D eigenvalue weighted by Gasteiger charge is -2.24. The molecule has 2 nitrogen and oxygen atoms in total. The van der Waals surface area contributed by atoms with Crippen molar-refractivity contribution in [1.82, 2.24) is 5.32 Å². The van der Waals surface area contributed by atoms with Gasteiger partial charge in [0.2, 0.25) is 5.91 Å². The summed E-state index contributed by atoms with van der Waals surface area (Å²) in [7, 11) is 0. The summed E-state index contributed by atoms with van der Waals surface area (Å²) < 4.78 is -0.588. The summed E-state index contributed by atoms with van der Waals surface area (Å²) >= 11 is 3.41. The number of alkyl halides is 1. The fourth-order valence-corrected chi connectivity index (χ4v) is 2.07. The first kappa shape index (κ1) is 14.8. The van der Waals surface area contributed by atoms with Gasteiger partial charge in [-0.2, -0.15) is 0 Å². The standard InChI is InChI=1S/C17H18BrNO/c1-17(2,18)16(20)19-15(13-9-5-3-6-10-13)14-11-7-4-8-12-14/h3-12,15H,1-2H3,(H,19,20). The molecule has 0 saturated carbocycles. The van der Waals surface area contributed by atoms with Crippen molar-refractivity contribution in [3.8, 4) is 0 Å². The lowest BCUT2D eigenvalue weighted by Crippen LogP contribution is -2.40. The Hall–Kier alpha value is -1.61. The van der Waals surface area contributed by atoms with Crippen LogP contribution in [0.25, 0.3) is 0 Å². The molecule has 0 aromatic heterocycles. The maximum absolute atomic E-state index is 12.3. The summed E-state index contributed by atoms with van der Waals surface area (Å²) in [4.78, 5) is 12.3. The second kappa shape index (κ2) is 6.23. The van der Waals surface area contributed by atoms with Gasteiger partial charge < -0.3 is 5.32 Å². The number of halogens is 1. The molecule has 1 amide bonds. The second-order valence-corrected chi connectivity index (χ2v) is 7.18. The van der Waals surface area contributed by atoms with Crippen molar-refractivity contribution < 1.29 is 4.79 Å². The Morgan fingerprint density at radius 2 is 1.35 bits per heavy atom. The van der Waals surface area contributed by atoms with Gasteiger partial charge in [-0.25, -0.2) is 0 Å². The first-order valence-electron chi connectivity index (χ1n) is 6.58. The average molecular weight is 332 g/mol. The second-order valence-electron chi connectivity index (χ2n) is 5.20. The molecular weight excluding hydrogens is 314 g/mol. The highest BCUT2D eigenvalue weighted by Gasteiger charge is 2.27. The molecule has 0 aliphatic heterocycles. The largest absolute Gasteiger partial charge is 0.344 e. The SMILES string of the molecule is CC(C)(Br)C(=O)NC(c1ccccc1)c1ccccc1. The molecular formula is C17H18BrNO. The molecule has 1 N–H and O–H groups in total. The van der Waals surface area contributed by atoms with Gasteiger partial charge in [0.1, 0.15) is 0 Å². The highest BCUT2D eigenvalue weighted by molar-refractivity contribution is 9.10. The average Bonchev–Trinajstić information content (AvgIpc) is 2.45. The fraction of sp³-hybridized carbons (Fsp3) is 0.235. The van der Waals surface area contributed by atoms with E-state index < -0.39 is 4.32 Å². The third-order valence-corrected chi connectivity index (χ3v) is 3.44. The molecule has 0 atom stereocenters. The minimum Gasteiger partial charge on any atom is -0.344 e. The van der Waals surface area contributed by atoms with Crippen LogP contribution in [0.1, 0.15) is 31.0 Å². The molecule has 0 aliphatic carbocycles. The van der Waals surface area contributed by atoms with Crippen LogP contribution < -0.4 is 5.32 Å². The Morgan fingerprint density at radius 1 is 0.950 bits per heavy atom. The van der Waals surface area contributed by atoms with Crippen molar-refractivity contribution in [2.45, 2.75) is 24.2 Å². The van der Waals surface area contributed by atoms with Crippen LogP contribution in [0.2, 0.25) is 0 Å². The quantitative estimate of drug-likeness (QED) is 0.841. The van der Waals surface area contributed by atoms with Crippen LogP contribution in [0, 0.1) is 0 Å². The van der Waals surface area contributed by atoms with Gasteiger partial charge in [0.05, 0.1) is 10.4 Å². The summed E-state index contributed by atoms with van der Waals surface area (Å²) in [6.07, 6.45) is 0. The van der Waals surface area contributed by atoms with E-state index in [1.54, 1.807) is 0 Å². The highest BCUT2D eigenvalue weighted by Crippen LogP contribution is 2.24. The fourth-order valence-electron chi connectivity index (χ4n) is 1.95. The normalized spacial score (nSPS) is 11.4. The number of carbonyl (C=O) groups excluding carboxylic acids is 1. The van der Waals surface area contributed by atoms with Crippen molar-refractivity contribution in [2.75, 3.05) is 0 Å². The van der Waals surface area contributed by atoms with E-state index in [0.29, 0.717) is 0 Å². The lowest BCUT2D eigenvalue weighted by atomic mass is 9.98. The molecule has 20 heavy (non-hydrogen) atoms. The van der Waals surface area contributed by atoms with Crippen LogP contribution in [0.4, 0.5) is 0 Å². The van der Waals surface area contributed by atoms with Crippen molar-refractivity contribution in [3.63, 3.8) is 0 Å². The van der Waals surface area contributed by atoms with Crippen molar-refractivity contribution >= 4 is 21.8 Å². The van der Waals surface area contributed by atoms with Gasteiger partial charge in [-0.05, 0) is 25.0 Å². The molecule has 0 heterocycles. The molecule has 2 aromatic carbocycles. The zero-order chi connectivity index (χ0) is 14.6. The molecule has 2 rings (SSSR count). The maximum Gasteiger partial charge on any atom is 0.237 e. The molecule has 3 heteroatoms. The molecule has 0 aliphatic rings. The number of nitrogens with one attached hydrogen (secondary N) is 1. The predicted octanol–water partition coefficient (Wildman–Crippen LogP) is 4.07. The number of hydrogen-bond donors (Lipinski definition) is 1. The lowest BCUT2D eigenvalue weighted by molar-refractivity contribution is -0.123. The van der Waals surface area contributed by atoms with E-state index in [1.807, 2.05) is 74.5 Å². The van der Waals surface area contributed by atoms with Crippen molar-refractivity contribution in [2.24, 2.45) is 0 Å². The number of rotatable bonds is 4. The Bertz CT molecular complexity index is 521. The van der Waals surface area contributed by atoms with E-state index >= 15 is 0 Å². The molecule has 0 bridgehead atoms. The summed E-state index contributed by atoms with van der Waals surface area (Å²) in [5, 5.41) is 3.10. The molecule has 0 fully saturated rings. The van der Waals surface area contributed by atoms with Crippen LogP contribution in [0.5, 0.6) is 0 Å². The Kier molecular flexibility index (Phi) is 4.61. The van der Waals surface area contributed by atoms with Gasteiger partial charge in [0.15, 0.2) is 0 Å². The van der Waals surface area contributed by atoms with Crippen LogP contribution in [0.3, 0.4) is 0 Å². The van der Waals surface area contributed by atoms with Gasteiger partial charge in [0, 0.05) is 0 Å². The molecule has 0 spiro atoms. The predicted molar refractivity (Wildman–Crippen MR) is 85.9 cm³/mol. The van der Waals surface area contributed by atoms with Gasteiger partial charge in [-0.1, -0.05) is 76.6 Å². The third kappa shape index (κ3) is 3.70. The van der Waals surface area contributed by atoms with Gasteiger partial charge in [-0.3, -0.25) is 4.79 Å². The topological polar surface area (TPSA) is 29.1 Å². The van der Waals surface area contributed by atoms with E-state index in [4.69, 9.17) is 0 Å². The van der Waals surface area contributed by atoms with Gasteiger partial charge >= 0.3 is 0 Å². The van der Waals surface area contributed by atoms with Crippen LogP contribution in [-0.4, -0.2) is 10.2 Å². The van der Waals surface area contributed by atoms with Crippen LogP contribution in [0.15, 0.2) is 60.7 Å². The zero-order valence-corrected chi connectivity index (χ0v) is 13.2. The smallest absolute Gasteiger partial charge is 0.237 e. The third-order valence-electron chi connectivity index (χ3n) is 3.08. The summed E-state index contributed by atoms with van der Waals surface area (Å²) in [6, 6.07) is 19.8. The molecule has 0 radical (unpaired) electrons. The number of hydrogen-bond acceptors (Lipinski definition) is 1. The minimum absolute atomic E-state index is 0.0322. The van der Waals surface area contributed by atoms with E-state index in [-0.39, 0.29) is 11.9 Å². The van der Waals surface area contributed by atoms with E-state index in [1.165, 1.54) is 0 Å². The Morgan fingerprint density at radius 3 is 1.70 bits per heavy atom. The van der Waals surface area contributed by atoms with Gasteiger partial charge in [0.25, 0.3) is 0 Å². The Labute approximate surface area is 128 Å². The minimum atomic E-state index is -0.588. The molecule has 0 unspecified atom stereocenters. The number of amides is 1. The highest BCUT2D eigenvalue weighted by atomic mass is 79.9. The van der Waals surface area contributed by atoms with E-state index in [9.17, 15) is 4.79 Å². The van der Waals surface area contributed by atoms with Crippen LogP contribution >= 0.6 is 15.9 Å². The summed E-state index contributed by atoms with van der Waals surface area (Å²) in [6.45, 7) is 3.69. The summed E-state index contributed by atoms with van der Waals surface area (Å²) in [5.41, 5.74) is 2.15. The zero-order valence-electron chi connectivity index (χ0n) is 11.6. The first-order chi connectivity index (χ1) is 9.48. The Balaban J connectivity index is 2.34. The van der Waals surface area contributed by atoms with Crippen molar-refractivity contribution in [3.05, 3.63) is 71.8 Å². The van der Waals surface area contributed by atoms with E-state index in [2.05, 4.69) is 21.2 Å². The number of benzene rings is 2. The monoisotopic (exact) mass is 331 g/mol. The van der Waals surface area contributed by atoms with Crippen LogP contribution in [-0.2, 0) is 4.79 Å². The first-order valence-corrected chi connectivity index (χ1v) is 7.37. The molecule has 2 aromatic rings. The van der Waals surface area contributed by atoms with Crippen molar-refractivity contribution in [1.29, 1.82) is 0 Å². The molecule has 0 saturated heterocycles. The summed E-state index contributed by atoms with van der Waals surface area (Å²) in [5.74, 6) is -0.0322. The van der Waals surface area contributed by atoms with E-state index in [0.717, 1.165) is 11.1 Å². The molecule has 104 valence electrons. The number of carbonyl (C=O) groups is 1.